The van der Waals surface area contributed by atoms with Crippen LogP contribution in [0.25, 0.3) is 11.4 Å². The summed E-state index contributed by atoms with van der Waals surface area (Å²) in [6, 6.07) is 6.15. The Kier molecular flexibility index (Phi) is 3.83. The number of amides is 4. The summed E-state index contributed by atoms with van der Waals surface area (Å²) in [6.45, 7) is 1.47. The van der Waals surface area contributed by atoms with Gasteiger partial charge in [0.15, 0.2) is 0 Å². The van der Waals surface area contributed by atoms with E-state index in [4.69, 9.17) is 16.1 Å². The molecule has 3 rings (SSSR count). The van der Waals surface area contributed by atoms with Crippen molar-refractivity contribution in [1.82, 2.24) is 19.9 Å². The lowest BCUT2D eigenvalue weighted by Gasteiger charge is -2.11. The molecular formula is C14H11ClN4O4. The van der Waals surface area contributed by atoms with Gasteiger partial charge in [0, 0.05) is 17.1 Å². The van der Waals surface area contributed by atoms with E-state index in [1.165, 1.54) is 0 Å². The Bertz CT molecular complexity index is 804. The maximum absolute atomic E-state index is 12.0. The molecule has 2 heterocycles. The number of aromatic nitrogens is 2. The molecule has 0 spiro atoms. The molecule has 118 valence electrons. The van der Waals surface area contributed by atoms with Crippen molar-refractivity contribution >= 4 is 29.4 Å². The fourth-order valence-electron chi connectivity index (χ4n) is 2.17. The molecule has 1 aliphatic heterocycles. The lowest BCUT2D eigenvalue weighted by Crippen LogP contribution is -2.32. The van der Waals surface area contributed by atoms with Gasteiger partial charge in [-0.2, -0.15) is 4.98 Å². The first-order valence-corrected chi connectivity index (χ1v) is 7.15. The van der Waals surface area contributed by atoms with E-state index in [0.717, 1.165) is 9.80 Å². The molecule has 0 saturated carbocycles. The van der Waals surface area contributed by atoms with Gasteiger partial charge in [-0.15, -0.1) is 0 Å². The second-order valence-corrected chi connectivity index (χ2v) is 5.18. The lowest BCUT2D eigenvalue weighted by atomic mass is 10.2. The third-order valence-corrected chi connectivity index (χ3v) is 3.53. The summed E-state index contributed by atoms with van der Waals surface area (Å²) in [5, 5.41) is 4.30. The summed E-state index contributed by atoms with van der Waals surface area (Å²) < 4.78 is 5.04. The van der Waals surface area contributed by atoms with Crippen LogP contribution in [0.1, 0.15) is 12.8 Å². The summed E-state index contributed by atoms with van der Waals surface area (Å²) in [5.74, 6) is -1.43. The van der Waals surface area contributed by atoms with E-state index in [9.17, 15) is 14.4 Å². The molecule has 0 aliphatic carbocycles. The molecule has 1 fully saturated rings. The van der Waals surface area contributed by atoms with Crippen molar-refractivity contribution in [3.63, 3.8) is 0 Å². The number of rotatable bonds is 4. The Morgan fingerprint density at radius 1 is 1.17 bits per heavy atom. The van der Waals surface area contributed by atoms with Crippen molar-refractivity contribution in [1.29, 1.82) is 0 Å². The van der Waals surface area contributed by atoms with E-state index in [1.54, 1.807) is 31.2 Å². The SMILES string of the molecule is CCN1C(=O)C(=O)N(Cc2nc(-c3cccc(Cl)c3)no2)C1=O. The highest BCUT2D eigenvalue weighted by atomic mass is 35.5. The predicted octanol–water partition coefficient (Wildman–Crippen LogP) is 1.70. The maximum atomic E-state index is 12.0. The smallest absolute Gasteiger partial charge is 0.334 e. The fourth-order valence-corrected chi connectivity index (χ4v) is 2.36. The zero-order valence-electron chi connectivity index (χ0n) is 12.0. The van der Waals surface area contributed by atoms with Crippen LogP contribution in [-0.2, 0) is 16.1 Å². The van der Waals surface area contributed by atoms with Gasteiger partial charge < -0.3 is 4.52 Å². The molecule has 0 N–H and O–H groups in total. The van der Waals surface area contributed by atoms with Crippen molar-refractivity contribution in [2.75, 3.05) is 6.54 Å². The van der Waals surface area contributed by atoms with Crippen LogP contribution in [0.4, 0.5) is 4.79 Å². The Morgan fingerprint density at radius 3 is 2.57 bits per heavy atom. The van der Waals surface area contributed by atoms with Crippen LogP contribution in [0.15, 0.2) is 28.8 Å². The number of hydrogen-bond donors (Lipinski definition) is 0. The molecular weight excluding hydrogens is 324 g/mol. The van der Waals surface area contributed by atoms with Crippen molar-refractivity contribution in [3.8, 4) is 11.4 Å². The van der Waals surface area contributed by atoms with Gasteiger partial charge in [-0.3, -0.25) is 14.5 Å². The first-order valence-electron chi connectivity index (χ1n) is 6.77. The summed E-state index contributed by atoms with van der Waals surface area (Å²) in [4.78, 5) is 41.2. The van der Waals surface area contributed by atoms with Gasteiger partial charge in [-0.1, -0.05) is 28.9 Å². The number of carbonyl (C=O) groups is 3. The molecule has 1 aliphatic rings. The number of carbonyl (C=O) groups excluding carboxylic acids is 3. The van der Waals surface area contributed by atoms with Crippen molar-refractivity contribution < 1.29 is 18.9 Å². The molecule has 0 radical (unpaired) electrons. The van der Waals surface area contributed by atoms with Crippen LogP contribution in [0.5, 0.6) is 0 Å². The summed E-state index contributed by atoms with van der Waals surface area (Å²) in [6.07, 6.45) is 0. The third kappa shape index (κ3) is 2.68. The number of urea groups is 1. The van der Waals surface area contributed by atoms with E-state index in [2.05, 4.69) is 10.1 Å². The number of hydrogen-bond acceptors (Lipinski definition) is 6. The first kappa shape index (κ1) is 15.2. The van der Waals surface area contributed by atoms with Crippen molar-refractivity contribution in [2.45, 2.75) is 13.5 Å². The summed E-state index contributed by atoms with van der Waals surface area (Å²) in [7, 11) is 0. The molecule has 23 heavy (non-hydrogen) atoms. The molecule has 2 aromatic rings. The predicted molar refractivity (Wildman–Crippen MR) is 78.1 cm³/mol. The second kappa shape index (κ2) is 5.81. The highest BCUT2D eigenvalue weighted by molar-refractivity contribution is 6.44. The Hall–Kier alpha value is -2.74. The topological polar surface area (TPSA) is 96.6 Å². The second-order valence-electron chi connectivity index (χ2n) is 4.75. The molecule has 8 nitrogen and oxygen atoms in total. The van der Waals surface area contributed by atoms with Crippen LogP contribution in [-0.4, -0.2) is 44.3 Å². The van der Waals surface area contributed by atoms with E-state index < -0.39 is 17.8 Å². The van der Waals surface area contributed by atoms with Gasteiger partial charge in [0.1, 0.15) is 6.54 Å². The average molecular weight is 335 g/mol. The minimum atomic E-state index is -0.903. The van der Waals surface area contributed by atoms with E-state index in [1.807, 2.05) is 0 Å². The Morgan fingerprint density at radius 2 is 1.91 bits per heavy atom. The van der Waals surface area contributed by atoms with Gasteiger partial charge in [-0.25, -0.2) is 9.69 Å². The zero-order chi connectivity index (χ0) is 16.6. The molecule has 4 amide bonds. The van der Waals surface area contributed by atoms with Crippen molar-refractivity contribution in [2.24, 2.45) is 0 Å². The standard InChI is InChI=1S/C14H11ClN4O4/c1-2-18-12(20)13(21)19(14(18)22)7-10-16-11(17-23-10)8-4-3-5-9(15)6-8/h3-6H,2,7H2,1H3. The molecule has 1 saturated heterocycles. The number of benzene rings is 1. The molecule has 0 bridgehead atoms. The normalized spacial score (nSPS) is 15.0. The number of halogens is 1. The number of nitrogens with zero attached hydrogens (tertiary/aromatic N) is 4. The van der Waals surface area contributed by atoms with E-state index >= 15 is 0 Å². The summed E-state index contributed by atoms with van der Waals surface area (Å²) in [5.41, 5.74) is 0.637. The van der Waals surface area contributed by atoms with Gasteiger partial charge in [0.25, 0.3) is 0 Å². The Balaban J connectivity index is 1.81. The van der Waals surface area contributed by atoms with Crippen LogP contribution < -0.4 is 0 Å². The monoisotopic (exact) mass is 334 g/mol. The minimum Gasteiger partial charge on any atom is -0.337 e. The molecule has 1 aromatic carbocycles. The van der Waals surface area contributed by atoms with E-state index in [0.29, 0.717) is 10.6 Å². The van der Waals surface area contributed by atoms with E-state index in [-0.39, 0.29) is 24.8 Å². The number of imide groups is 2. The molecule has 9 heteroatoms. The Labute approximate surface area is 135 Å². The zero-order valence-corrected chi connectivity index (χ0v) is 12.8. The molecule has 1 aromatic heterocycles. The molecule has 0 atom stereocenters. The largest absolute Gasteiger partial charge is 0.337 e. The average Bonchev–Trinajstić information content (AvgIpc) is 3.07. The lowest BCUT2D eigenvalue weighted by molar-refractivity contribution is -0.143. The van der Waals surface area contributed by atoms with Gasteiger partial charge in [0.2, 0.25) is 11.7 Å². The fraction of sp³-hybridized carbons (Fsp3) is 0.214. The third-order valence-electron chi connectivity index (χ3n) is 3.30. The minimum absolute atomic E-state index is 0.0485. The van der Waals surface area contributed by atoms with Crippen LogP contribution in [0.3, 0.4) is 0 Å². The van der Waals surface area contributed by atoms with Crippen LogP contribution in [0.2, 0.25) is 5.02 Å². The maximum Gasteiger partial charge on any atom is 0.334 e. The van der Waals surface area contributed by atoms with Crippen LogP contribution >= 0.6 is 11.6 Å². The van der Waals surface area contributed by atoms with Gasteiger partial charge >= 0.3 is 17.8 Å². The van der Waals surface area contributed by atoms with Crippen LogP contribution in [0, 0.1) is 0 Å². The molecule has 0 unspecified atom stereocenters. The highest BCUT2D eigenvalue weighted by Gasteiger charge is 2.44. The number of likely N-dealkylation sites (N-methyl/N-ethyl adjacent to an activating group) is 1. The van der Waals surface area contributed by atoms with Gasteiger partial charge in [-0.05, 0) is 19.1 Å². The van der Waals surface area contributed by atoms with Gasteiger partial charge in [0.05, 0.1) is 0 Å². The quantitative estimate of drug-likeness (QED) is 0.623. The first-order chi connectivity index (χ1) is 11.0. The summed E-state index contributed by atoms with van der Waals surface area (Å²) >= 11 is 5.90. The van der Waals surface area contributed by atoms with Crippen molar-refractivity contribution in [3.05, 3.63) is 35.2 Å². The highest BCUT2D eigenvalue weighted by Crippen LogP contribution is 2.21.